The maximum atomic E-state index is 12.0. The normalized spacial score (nSPS) is 10.5. The fraction of sp³-hybridized carbons (Fsp3) is 0.300. The van der Waals surface area contributed by atoms with Gasteiger partial charge in [-0.25, -0.2) is 0 Å². The number of rotatable bonds is 7. The van der Waals surface area contributed by atoms with Crippen molar-refractivity contribution >= 4 is 11.9 Å². The van der Waals surface area contributed by atoms with Gasteiger partial charge in [-0.05, 0) is 18.1 Å². The van der Waals surface area contributed by atoms with E-state index in [0.29, 0.717) is 12.2 Å². The summed E-state index contributed by atoms with van der Waals surface area (Å²) in [6.07, 6.45) is 0.652. The molecule has 4 heteroatoms. The van der Waals surface area contributed by atoms with E-state index in [-0.39, 0.29) is 30.9 Å². The SMILES string of the molecule is CC(C)C(=O)OCCCC(=O)Oc1ccccc1-c1ccccc1. The lowest BCUT2D eigenvalue weighted by atomic mass is 10.1. The molecule has 0 unspecified atom stereocenters. The molecular formula is C20H22O4. The molecule has 0 fully saturated rings. The van der Waals surface area contributed by atoms with Gasteiger partial charge in [-0.15, -0.1) is 0 Å². The van der Waals surface area contributed by atoms with E-state index >= 15 is 0 Å². The zero-order valence-corrected chi connectivity index (χ0v) is 14.0. The van der Waals surface area contributed by atoms with Gasteiger partial charge in [0, 0.05) is 12.0 Å². The van der Waals surface area contributed by atoms with E-state index in [4.69, 9.17) is 9.47 Å². The van der Waals surface area contributed by atoms with Gasteiger partial charge in [-0.3, -0.25) is 9.59 Å². The van der Waals surface area contributed by atoms with Gasteiger partial charge in [0.05, 0.1) is 12.5 Å². The Morgan fingerprint density at radius 3 is 2.33 bits per heavy atom. The predicted octanol–water partition coefficient (Wildman–Crippen LogP) is 4.24. The lowest BCUT2D eigenvalue weighted by Crippen LogP contribution is -2.14. The molecule has 0 aliphatic carbocycles. The third-order valence-corrected chi connectivity index (χ3v) is 3.44. The number of ether oxygens (including phenoxy) is 2. The Labute approximate surface area is 142 Å². The monoisotopic (exact) mass is 326 g/mol. The summed E-state index contributed by atoms with van der Waals surface area (Å²) in [5, 5.41) is 0. The summed E-state index contributed by atoms with van der Waals surface area (Å²) in [4.78, 5) is 23.4. The lowest BCUT2D eigenvalue weighted by Gasteiger charge is -2.10. The van der Waals surface area contributed by atoms with Crippen LogP contribution in [0.3, 0.4) is 0 Å². The Kier molecular flexibility index (Phi) is 6.55. The van der Waals surface area contributed by atoms with Crippen LogP contribution in [0.1, 0.15) is 26.7 Å². The first-order chi connectivity index (χ1) is 11.6. The molecule has 2 aromatic carbocycles. The minimum Gasteiger partial charge on any atom is -0.465 e. The van der Waals surface area contributed by atoms with Crippen LogP contribution in [0.4, 0.5) is 0 Å². The third kappa shape index (κ3) is 5.23. The van der Waals surface area contributed by atoms with Crippen LogP contribution in [0.5, 0.6) is 5.75 Å². The fourth-order valence-electron chi connectivity index (χ4n) is 2.14. The van der Waals surface area contributed by atoms with Crippen molar-refractivity contribution in [3.8, 4) is 16.9 Å². The number of esters is 2. The lowest BCUT2D eigenvalue weighted by molar-refractivity contribution is -0.148. The minimum atomic E-state index is -0.334. The summed E-state index contributed by atoms with van der Waals surface area (Å²) < 4.78 is 10.5. The number of carbonyl (C=O) groups excluding carboxylic acids is 2. The molecule has 0 saturated carbocycles. The second-order valence-corrected chi connectivity index (χ2v) is 5.76. The van der Waals surface area contributed by atoms with E-state index in [1.165, 1.54) is 0 Å². The molecule has 24 heavy (non-hydrogen) atoms. The van der Waals surface area contributed by atoms with Crippen molar-refractivity contribution in [2.24, 2.45) is 5.92 Å². The quantitative estimate of drug-likeness (QED) is 0.434. The van der Waals surface area contributed by atoms with Gasteiger partial charge in [-0.1, -0.05) is 62.4 Å². The number of hydrogen-bond acceptors (Lipinski definition) is 4. The molecular weight excluding hydrogens is 304 g/mol. The Hall–Kier alpha value is -2.62. The van der Waals surface area contributed by atoms with Crippen LogP contribution in [0.15, 0.2) is 54.6 Å². The summed E-state index contributed by atoms with van der Waals surface area (Å²) in [5.74, 6) is -0.209. The smallest absolute Gasteiger partial charge is 0.311 e. The number of hydrogen-bond donors (Lipinski definition) is 0. The topological polar surface area (TPSA) is 52.6 Å². The molecule has 2 rings (SSSR count). The highest BCUT2D eigenvalue weighted by Gasteiger charge is 2.12. The molecule has 0 aliphatic heterocycles. The van der Waals surface area contributed by atoms with Crippen molar-refractivity contribution < 1.29 is 19.1 Å². The van der Waals surface area contributed by atoms with Crippen LogP contribution in [0.25, 0.3) is 11.1 Å². The molecule has 0 aromatic heterocycles. The Morgan fingerprint density at radius 1 is 0.958 bits per heavy atom. The Balaban J connectivity index is 1.90. The molecule has 0 spiro atoms. The summed E-state index contributed by atoms with van der Waals surface area (Å²) in [6.45, 7) is 3.78. The molecule has 0 radical (unpaired) electrons. The van der Waals surface area contributed by atoms with Crippen molar-refractivity contribution in [1.82, 2.24) is 0 Å². The second-order valence-electron chi connectivity index (χ2n) is 5.76. The van der Waals surface area contributed by atoms with Crippen molar-refractivity contribution in [3.63, 3.8) is 0 Å². The zero-order valence-electron chi connectivity index (χ0n) is 14.0. The van der Waals surface area contributed by atoms with Crippen LogP contribution in [-0.2, 0) is 14.3 Å². The molecule has 0 aliphatic rings. The van der Waals surface area contributed by atoms with Gasteiger partial charge in [0.15, 0.2) is 0 Å². The van der Waals surface area contributed by atoms with E-state index in [9.17, 15) is 9.59 Å². The number of para-hydroxylation sites is 1. The highest BCUT2D eigenvalue weighted by Crippen LogP contribution is 2.29. The molecule has 2 aromatic rings. The Bertz CT molecular complexity index is 677. The van der Waals surface area contributed by atoms with Crippen LogP contribution < -0.4 is 4.74 Å². The molecule has 0 heterocycles. The van der Waals surface area contributed by atoms with Crippen LogP contribution in [0, 0.1) is 5.92 Å². The molecule has 0 saturated heterocycles. The summed E-state index contributed by atoms with van der Waals surface area (Å²) in [6, 6.07) is 17.2. The van der Waals surface area contributed by atoms with E-state index in [0.717, 1.165) is 11.1 Å². The van der Waals surface area contributed by atoms with Gasteiger partial charge in [0.2, 0.25) is 0 Å². The van der Waals surface area contributed by atoms with Crippen LogP contribution in [0.2, 0.25) is 0 Å². The van der Waals surface area contributed by atoms with Gasteiger partial charge in [-0.2, -0.15) is 0 Å². The molecule has 0 bridgehead atoms. The van der Waals surface area contributed by atoms with Crippen molar-refractivity contribution in [3.05, 3.63) is 54.6 Å². The fourth-order valence-corrected chi connectivity index (χ4v) is 2.14. The predicted molar refractivity (Wildman–Crippen MR) is 92.5 cm³/mol. The largest absolute Gasteiger partial charge is 0.465 e. The van der Waals surface area contributed by atoms with Crippen molar-refractivity contribution in [1.29, 1.82) is 0 Å². The highest BCUT2D eigenvalue weighted by atomic mass is 16.5. The average molecular weight is 326 g/mol. The highest BCUT2D eigenvalue weighted by molar-refractivity contribution is 5.78. The van der Waals surface area contributed by atoms with Crippen LogP contribution >= 0.6 is 0 Å². The zero-order chi connectivity index (χ0) is 17.4. The van der Waals surface area contributed by atoms with Gasteiger partial charge < -0.3 is 9.47 Å². The van der Waals surface area contributed by atoms with Gasteiger partial charge in [0.25, 0.3) is 0 Å². The summed E-state index contributed by atoms with van der Waals surface area (Å²) in [7, 11) is 0. The average Bonchev–Trinajstić information content (AvgIpc) is 2.59. The second kappa shape index (κ2) is 8.87. The molecule has 0 N–H and O–H groups in total. The molecule has 0 amide bonds. The van der Waals surface area contributed by atoms with E-state index in [1.54, 1.807) is 19.9 Å². The van der Waals surface area contributed by atoms with Gasteiger partial charge in [0.1, 0.15) is 5.75 Å². The third-order valence-electron chi connectivity index (χ3n) is 3.44. The first-order valence-corrected chi connectivity index (χ1v) is 8.09. The first-order valence-electron chi connectivity index (χ1n) is 8.09. The Morgan fingerprint density at radius 2 is 1.62 bits per heavy atom. The summed E-state index contributed by atoms with van der Waals surface area (Å²) >= 11 is 0. The number of benzene rings is 2. The maximum Gasteiger partial charge on any atom is 0.311 e. The molecule has 4 nitrogen and oxygen atoms in total. The van der Waals surface area contributed by atoms with Crippen LogP contribution in [-0.4, -0.2) is 18.5 Å². The first kappa shape index (κ1) is 17.7. The van der Waals surface area contributed by atoms with Crippen molar-refractivity contribution in [2.45, 2.75) is 26.7 Å². The van der Waals surface area contributed by atoms with E-state index < -0.39 is 0 Å². The summed E-state index contributed by atoms with van der Waals surface area (Å²) in [5.41, 5.74) is 1.87. The number of carbonyl (C=O) groups is 2. The van der Waals surface area contributed by atoms with E-state index in [2.05, 4.69) is 0 Å². The molecule has 126 valence electrons. The van der Waals surface area contributed by atoms with E-state index in [1.807, 2.05) is 48.5 Å². The van der Waals surface area contributed by atoms with Gasteiger partial charge >= 0.3 is 11.9 Å². The molecule has 0 atom stereocenters. The maximum absolute atomic E-state index is 12.0. The standard InChI is InChI=1S/C20H22O4/c1-15(2)20(22)23-14-8-13-19(21)24-18-12-7-6-11-17(18)16-9-4-3-5-10-16/h3-7,9-12,15H,8,13-14H2,1-2H3. The van der Waals surface area contributed by atoms with Crippen molar-refractivity contribution in [2.75, 3.05) is 6.61 Å². The minimum absolute atomic E-state index is 0.158.